The summed E-state index contributed by atoms with van der Waals surface area (Å²) in [6, 6.07) is 7.88. The standard InChI is InChI=1S/C14H21N3OS/c1-14(2)10-17(7-8-19-14)9-11-3-5-12(6-4-11)13(15)16-18/h3-6,18H,7-10H2,1-2H3,(H2,15,16). The second-order valence-electron chi connectivity index (χ2n) is 5.50. The van der Waals surface area contributed by atoms with Gasteiger partial charge in [-0.2, -0.15) is 11.8 Å². The molecule has 0 bridgehead atoms. The van der Waals surface area contributed by atoms with E-state index in [1.165, 1.54) is 11.3 Å². The fraction of sp³-hybridized carbons (Fsp3) is 0.500. The zero-order valence-corrected chi connectivity index (χ0v) is 12.3. The lowest BCUT2D eigenvalue weighted by Crippen LogP contribution is -2.42. The van der Waals surface area contributed by atoms with Crippen molar-refractivity contribution in [3.8, 4) is 0 Å². The molecule has 104 valence electrons. The van der Waals surface area contributed by atoms with Crippen molar-refractivity contribution in [1.82, 2.24) is 4.90 Å². The predicted octanol–water partition coefficient (Wildman–Crippen LogP) is 2.11. The quantitative estimate of drug-likeness (QED) is 0.385. The van der Waals surface area contributed by atoms with Crippen LogP contribution in [-0.2, 0) is 6.54 Å². The maximum Gasteiger partial charge on any atom is 0.170 e. The van der Waals surface area contributed by atoms with Gasteiger partial charge in [-0.15, -0.1) is 0 Å². The van der Waals surface area contributed by atoms with Crippen LogP contribution in [0.25, 0.3) is 0 Å². The summed E-state index contributed by atoms with van der Waals surface area (Å²) in [5.74, 6) is 1.34. The van der Waals surface area contributed by atoms with Gasteiger partial charge in [-0.3, -0.25) is 4.90 Å². The van der Waals surface area contributed by atoms with Crippen LogP contribution in [0, 0.1) is 0 Å². The van der Waals surface area contributed by atoms with Gasteiger partial charge in [-0.25, -0.2) is 0 Å². The Hall–Kier alpha value is -1.20. The second-order valence-corrected chi connectivity index (χ2v) is 7.30. The summed E-state index contributed by atoms with van der Waals surface area (Å²) in [5, 5.41) is 11.6. The highest BCUT2D eigenvalue weighted by Crippen LogP contribution is 2.30. The topological polar surface area (TPSA) is 61.8 Å². The molecule has 1 aromatic carbocycles. The Morgan fingerprint density at radius 1 is 1.42 bits per heavy atom. The van der Waals surface area contributed by atoms with Crippen LogP contribution in [-0.4, -0.2) is 39.5 Å². The van der Waals surface area contributed by atoms with Crippen LogP contribution >= 0.6 is 11.8 Å². The zero-order chi connectivity index (χ0) is 13.9. The number of nitrogens with zero attached hydrogens (tertiary/aromatic N) is 2. The van der Waals surface area contributed by atoms with Gasteiger partial charge in [0.2, 0.25) is 0 Å². The van der Waals surface area contributed by atoms with Gasteiger partial charge in [0, 0.05) is 35.7 Å². The van der Waals surface area contributed by atoms with Crippen molar-refractivity contribution in [2.75, 3.05) is 18.8 Å². The SMILES string of the molecule is CC1(C)CN(Cc2ccc(/C(N)=N/O)cc2)CCS1. The summed E-state index contributed by atoms with van der Waals surface area (Å²) >= 11 is 2.04. The molecular weight excluding hydrogens is 258 g/mol. The minimum atomic E-state index is 0.155. The van der Waals surface area contributed by atoms with Gasteiger partial charge >= 0.3 is 0 Å². The molecule has 1 fully saturated rings. The van der Waals surface area contributed by atoms with Crippen LogP contribution < -0.4 is 5.73 Å². The number of hydrogen-bond donors (Lipinski definition) is 2. The first-order valence-corrected chi connectivity index (χ1v) is 7.42. The van der Waals surface area contributed by atoms with Crippen molar-refractivity contribution >= 4 is 17.6 Å². The van der Waals surface area contributed by atoms with Crippen LogP contribution in [0.15, 0.2) is 29.4 Å². The van der Waals surface area contributed by atoms with Crippen molar-refractivity contribution in [2.24, 2.45) is 10.9 Å². The number of hydrogen-bond acceptors (Lipinski definition) is 4. The maximum absolute atomic E-state index is 8.63. The van der Waals surface area contributed by atoms with Crippen LogP contribution in [0.1, 0.15) is 25.0 Å². The minimum absolute atomic E-state index is 0.155. The molecule has 0 radical (unpaired) electrons. The molecule has 0 spiro atoms. The van der Waals surface area contributed by atoms with Crippen molar-refractivity contribution in [3.05, 3.63) is 35.4 Å². The van der Waals surface area contributed by atoms with E-state index in [-0.39, 0.29) is 5.84 Å². The fourth-order valence-corrected chi connectivity index (χ4v) is 3.52. The van der Waals surface area contributed by atoms with Gasteiger partial charge in [0.15, 0.2) is 5.84 Å². The van der Waals surface area contributed by atoms with E-state index in [2.05, 4.69) is 23.9 Å². The molecular formula is C14H21N3OS. The molecule has 0 aliphatic carbocycles. The molecule has 1 aromatic rings. The monoisotopic (exact) mass is 279 g/mol. The van der Waals surface area contributed by atoms with Crippen molar-refractivity contribution in [1.29, 1.82) is 0 Å². The van der Waals surface area contributed by atoms with Gasteiger partial charge in [0.05, 0.1) is 0 Å². The number of oxime groups is 1. The highest BCUT2D eigenvalue weighted by molar-refractivity contribution is 8.00. The third-order valence-corrected chi connectivity index (χ3v) is 4.57. The summed E-state index contributed by atoms with van der Waals surface area (Å²) in [5.41, 5.74) is 7.56. The van der Waals surface area contributed by atoms with Crippen LogP contribution in [0.3, 0.4) is 0 Å². The van der Waals surface area contributed by atoms with Crippen molar-refractivity contribution < 1.29 is 5.21 Å². The molecule has 2 rings (SSSR count). The van der Waals surface area contributed by atoms with E-state index in [1.807, 2.05) is 36.0 Å². The molecule has 0 amide bonds. The average molecular weight is 279 g/mol. The Labute approximate surface area is 118 Å². The second kappa shape index (κ2) is 5.84. The molecule has 3 N–H and O–H groups in total. The Morgan fingerprint density at radius 3 is 2.68 bits per heavy atom. The molecule has 19 heavy (non-hydrogen) atoms. The summed E-state index contributed by atoms with van der Waals surface area (Å²) < 4.78 is 0.339. The first-order chi connectivity index (χ1) is 9.00. The number of nitrogens with two attached hydrogens (primary N) is 1. The summed E-state index contributed by atoms with van der Waals surface area (Å²) in [6.07, 6.45) is 0. The molecule has 1 heterocycles. The largest absolute Gasteiger partial charge is 0.409 e. The minimum Gasteiger partial charge on any atom is -0.409 e. The highest BCUT2D eigenvalue weighted by atomic mass is 32.2. The Kier molecular flexibility index (Phi) is 4.37. The van der Waals surface area contributed by atoms with Crippen LogP contribution in [0.4, 0.5) is 0 Å². The summed E-state index contributed by atoms with van der Waals surface area (Å²) in [4.78, 5) is 2.48. The van der Waals surface area contributed by atoms with E-state index in [9.17, 15) is 0 Å². The molecule has 1 saturated heterocycles. The Balaban J connectivity index is 2.00. The third kappa shape index (κ3) is 3.88. The lowest BCUT2D eigenvalue weighted by atomic mass is 10.1. The number of rotatable bonds is 3. The highest BCUT2D eigenvalue weighted by Gasteiger charge is 2.26. The Morgan fingerprint density at radius 2 is 2.11 bits per heavy atom. The third-order valence-electron chi connectivity index (χ3n) is 3.27. The van der Waals surface area contributed by atoms with Gasteiger partial charge < -0.3 is 10.9 Å². The maximum atomic E-state index is 8.63. The molecule has 1 aliphatic heterocycles. The van der Waals surface area contributed by atoms with Gasteiger partial charge in [-0.1, -0.05) is 29.4 Å². The normalized spacial score (nSPS) is 20.4. The molecule has 0 unspecified atom stereocenters. The molecule has 4 nitrogen and oxygen atoms in total. The molecule has 0 atom stereocenters. The Bertz CT molecular complexity index is 456. The molecule has 5 heteroatoms. The number of amidine groups is 1. The van der Waals surface area contributed by atoms with E-state index in [0.29, 0.717) is 4.75 Å². The van der Waals surface area contributed by atoms with Gasteiger partial charge in [0.25, 0.3) is 0 Å². The van der Waals surface area contributed by atoms with E-state index >= 15 is 0 Å². The van der Waals surface area contributed by atoms with Gasteiger partial charge in [0.1, 0.15) is 0 Å². The summed E-state index contributed by atoms with van der Waals surface area (Å²) in [7, 11) is 0. The molecule has 1 aliphatic rings. The lowest BCUT2D eigenvalue weighted by Gasteiger charge is -2.37. The van der Waals surface area contributed by atoms with Crippen molar-refractivity contribution in [2.45, 2.75) is 25.1 Å². The number of benzene rings is 1. The van der Waals surface area contributed by atoms with E-state index in [0.717, 1.165) is 25.2 Å². The average Bonchev–Trinajstić information content (AvgIpc) is 2.37. The predicted molar refractivity (Wildman–Crippen MR) is 80.8 cm³/mol. The van der Waals surface area contributed by atoms with Crippen molar-refractivity contribution in [3.63, 3.8) is 0 Å². The molecule has 0 aromatic heterocycles. The van der Waals surface area contributed by atoms with E-state index in [4.69, 9.17) is 10.9 Å². The lowest BCUT2D eigenvalue weighted by molar-refractivity contribution is 0.252. The number of thioether (sulfide) groups is 1. The molecule has 0 saturated carbocycles. The first-order valence-electron chi connectivity index (χ1n) is 6.43. The van der Waals surface area contributed by atoms with E-state index < -0.39 is 0 Å². The first kappa shape index (κ1) is 14.2. The van der Waals surface area contributed by atoms with Crippen LogP contribution in [0.5, 0.6) is 0 Å². The fourth-order valence-electron chi connectivity index (χ4n) is 2.35. The summed E-state index contributed by atoms with van der Waals surface area (Å²) in [6.45, 7) is 7.80. The smallest absolute Gasteiger partial charge is 0.170 e. The van der Waals surface area contributed by atoms with Gasteiger partial charge in [-0.05, 0) is 19.4 Å². The zero-order valence-electron chi connectivity index (χ0n) is 11.5. The van der Waals surface area contributed by atoms with E-state index in [1.54, 1.807) is 0 Å². The van der Waals surface area contributed by atoms with Crippen LogP contribution in [0.2, 0.25) is 0 Å².